The molecule has 0 aromatic rings. The van der Waals surface area contributed by atoms with Gasteiger partial charge >= 0.3 is 0 Å². The number of fused-ring (bicyclic) bond motifs is 5. The lowest BCUT2D eigenvalue weighted by Crippen LogP contribution is -2.53. The predicted molar refractivity (Wildman–Crippen MR) is 87.1 cm³/mol. The zero-order valence-corrected chi connectivity index (χ0v) is 14.0. The number of aliphatic hydroxyl groups is 4. The van der Waals surface area contributed by atoms with E-state index in [1.54, 1.807) is 0 Å². The fourth-order valence-corrected chi connectivity index (χ4v) is 6.76. The lowest BCUT2D eigenvalue weighted by molar-refractivity contribution is -0.0904. The van der Waals surface area contributed by atoms with E-state index >= 15 is 0 Å². The molecule has 4 aliphatic rings. The van der Waals surface area contributed by atoms with Gasteiger partial charge in [-0.15, -0.1) is 0 Å². The quantitative estimate of drug-likeness (QED) is 0.511. The Balaban J connectivity index is 1.78. The first-order valence-corrected chi connectivity index (χ1v) is 9.06. The van der Waals surface area contributed by atoms with Crippen molar-refractivity contribution in [1.82, 2.24) is 0 Å². The molecule has 4 aliphatic carbocycles. The second-order valence-corrected chi connectivity index (χ2v) is 8.81. The van der Waals surface area contributed by atoms with Crippen molar-refractivity contribution in [3.63, 3.8) is 0 Å². The number of aliphatic hydroxyl groups excluding tert-OH is 4. The molecule has 0 bridgehead atoms. The SMILES string of the molecule is C[C@@]12CCC[C@H]1[C@@H]1CC[C@@H]3C(O)=C(O)C(O)=C(O)[C@]3(C)[C@H]1CC2. The number of allylic oxidation sites excluding steroid dienone is 2. The van der Waals surface area contributed by atoms with Gasteiger partial charge in [0.15, 0.2) is 11.5 Å². The molecule has 4 N–H and O–H groups in total. The lowest BCUT2D eigenvalue weighted by atomic mass is 9.46. The van der Waals surface area contributed by atoms with Crippen LogP contribution >= 0.6 is 0 Å². The minimum atomic E-state index is -0.659. The zero-order chi connectivity index (χ0) is 16.6. The highest BCUT2D eigenvalue weighted by atomic mass is 16.4. The van der Waals surface area contributed by atoms with E-state index in [2.05, 4.69) is 6.92 Å². The molecule has 0 radical (unpaired) electrons. The molecule has 4 nitrogen and oxygen atoms in total. The van der Waals surface area contributed by atoms with Gasteiger partial charge in [-0.05, 0) is 61.7 Å². The van der Waals surface area contributed by atoms with Gasteiger partial charge in [0.05, 0.1) is 0 Å². The maximum Gasteiger partial charge on any atom is 0.200 e. The Hall–Kier alpha value is -1.32. The second kappa shape index (κ2) is 4.61. The summed E-state index contributed by atoms with van der Waals surface area (Å²) in [5, 5.41) is 41.1. The van der Waals surface area contributed by atoms with Gasteiger partial charge in [0.2, 0.25) is 0 Å². The first-order valence-electron chi connectivity index (χ1n) is 9.06. The molecule has 0 aromatic carbocycles. The maximum atomic E-state index is 10.7. The molecular weight excluding hydrogens is 292 g/mol. The molecule has 0 saturated heterocycles. The lowest BCUT2D eigenvalue weighted by Gasteiger charge is -2.58. The molecule has 0 spiro atoms. The Morgan fingerprint density at radius 3 is 2.30 bits per heavy atom. The molecule has 4 rings (SSSR count). The van der Waals surface area contributed by atoms with Crippen LogP contribution in [0, 0.1) is 34.5 Å². The molecule has 128 valence electrons. The summed E-state index contributed by atoms with van der Waals surface area (Å²) < 4.78 is 0. The molecular formula is C19H28O4. The molecule has 0 unspecified atom stereocenters. The Morgan fingerprint density at radius 2 is 1.57 bits per heavy atom. The van der Waals surface area contributed by atoms with Crippen molar-refractivity contribution in [1.29, 1.82) is 0 Å². The van der Waals surface area contributed by atoms with Gasteiger partial charge in [-0.25, -0.2) is 0 Å². The van der Waals surface area contributed by atoms with Gasteiger partial charge in [-0.1, -0.05) is 20.3 Å². The van der Waals surface area contributed by atoms with E-state index in [-0.39, 0.29) is 23.4 Å². The first kappa shape index (κ1) is 15.2. The average molecular weight is 320 g/mol. The van der Waals surface area contributed by atoms with Crippen molar-refractivity contribution >= 4 is 0 Å². The van der Waals surface area contributed by atoms with Crippen LogP contribution in [0.2, 0.25) is 0 Å². The van der Waals surface area contributed by atoms with Gasteiger partial charge in [0, 0.05) is 11.3 Å². The summed E-state index contributed by atoms with van der Waals surface area (Å²) in [6, 6.07) is 0. The van der Waals surface area contributed by atoms with E-state index in [9.17, 15) is 20.4 Å². The highest BCUT2D eigenvalue weighted by molar-refractivity contribution is 5.36. The third-order valence-corrected chi connectivity index (χ3v) is 8.03. The predicted octanol–water partition coefficient (Wildman–Crippen LogP) is 4.90. The molecule has 3 saturated carbocycles. The zero-order valence-electron chi connectivity index (χ0n) is 14.0. The highest BCUT2D eigenvalue weighted by Crippen LogP contribution is 2.66. The monoisotopic (exact) mass is 320 g/mol. The molecule has 6 atom stereocenters. The first-order chi connectivity index (χ1) is 10.8. The fraction of sp³-hybridized carbons (Fsp3) is 0.789. The summed E-state index contributed by atoms with van der Waals surface area (Å²) in [5.41, 5.74) is -0.229. The molecule has 0 aliphatic heterocycles. The van der Waals surface area contributed by atoms with Crippen LogP contribution in [-0.2, 0) is 0 Å². The normalized spacial score (nSPS) is 49.7. The summed E-state index contributed by atoms with van der Waals surface area (Å²) in [6.07, 6.45) is 7.85. The van der Waals surface area contributed by atoms with Gasteiger partial charge in [-0.2, -0.15) is 0 Å². The summed E-state index contributed by atoms with van der Waals surface area (Å²) in [6.45, 7) is 4.40. The summed E-state index contributed by atoms with van der Waals surface area (Å²) >= 11 is 0. The highest BCUT2D eigenvalue weighted by Gasteiger charge is 2.61. The van der Waals surface area contributed by atoms with Crippen molar-refractivity contribution in [3.05, 3.63) is 23.0 Å². The molecule has 0 aromatic heterocycles. The van der Waals surface area contributed by atoms with E-state index in [0.29, 0.717) is 17.3 Å². The van der Waals surface area contributed by atoms with E-state index in [1.165, 1.54) is 19.3 Å². The largest absolute Gasteiger partial charge is 0.508 e. The third kappa shape index (κ3) is 1.72. The van der Waals surface area contributed by atoms with Crippen LogP contribution < -0.4 is 0 Å². The van der Waals surface area contributed by atoms with Gasteiger partial charge in [0.1, 0.15) is 11.5 Å². The van der Waals surface area contributed by atoms with Crippen LogP contribution in [0.25, 0.3) is 0 Å². The molecule has 23 heavy (non-hydrogen) atoms. The summed E-state index contributed by atoms with van der Waals surface area (Å²) in [5.74, 6) is -0.113. The summed E-state index contributed by atoms with van der Waals surface area (Å²) in [4.78, 5) is 0. The molecule has 0 amide bonds. The Bertz CT molecular complexity index is 606. The van der Waals surface area contributed by atoms with Crippen LogP contribution in [0.15, 0.2) is 23.0 Å². The minimum Gasteiger partial charge on any atom is -0.508 e. The number of hydrogen-bond donors (Lipinski definition) is 4. The van der Waals surface area contributed by atoms with Crippen LogP contribution in [0.4, 0.5) is 0 Å². The van der Waals surface area contributed by atoms with Crippen molar-refractivity contribution in [2.75, 3.05) is 0 Å². The van der Waals surface area contributed by atoms with Crippen LogP contribution in [0.3, 0.4) is 0 Å². The minimum absolute atomic E-state index is 0.117. The van der Waals surface area contributed by atoms with Gasteiger partial charge in [-0.3, -0.25) is 0 Å². The molecule has 4 heteroatoms. The molecule has 0 heterocycles. The van der Waals surface area contributed by atoms with Gasteiger partial charge in [0.25, 0.3) is 0 Å². The van der Waals surface area contributed by atoms with Crippen LogP contribution in [0.5, 0.6) is 0 Å². The fourth-order valence-electron chi connectivity index (χ4n) is 6.76. The van der Waals surface area contributed by atoms with Crippen molar-refractivity contribution in [3.8, 4) is 0 Å². The van der Waals surface area contributed by atoms with E-state index in [0.717, 1.165) is 25.7 Å². The van der Waals surface area contributed by atoms with Crippen molar-refractivity contribution < 1.29 is 20.4 Å². The second-order valence-electron chi connectivity index (χ2n) is 8.81. The summed E-state index contributed by atoms with van der Waals surface area (Å²) in [7, 11) is 0. The van der Waals surface area contributed by atoms with E-state index < -0.39 is 16.9 Å². The Kier molecular flexibility index (Phi) is 3.05. The van der Waals surface area contributed by atoms with Gasteiger partial charge < -0.3 is 20.4 Å². The topological polar surface area (TPSA) is 80.9 Å². The average Bonchev–Trinajstić information content (AvgIpc) is 2.93. The van der Waals surface area contributed by atoms with Crippen LogP contribution in [0.1, 0.15) is 58.8 Å². The Labute approximate surface area is 137 Å². The maximum absolute atomic E-state index is 10.7. The standard InChI is InChI=1S/C19H28O4/c1-18-8-3-4-11(18)10-5-6-13-14(20)15(21)16(22)17(23)19(13,2)12(10)7-9-18/h10-13,20-23H,3-9H2,1-2H3/t10-,11-,12-,13+,18-,19+/m0/s1. The Morgan fingerprint density at radius 1 is 0.826 bits per heavy atom. The van der Waals surface area contributed by atoms with Crippen LogP contribution in [-0.4, -0.2) is 20.4 Å². The van der Waals surface area contributed by atoms with E-state index in [1.807, 2.05) is 6.92 Å². The van der Waals surface area contributed by atoms with Crippen molar-refractivity contribution in [2.45, 2.75) is 58.8 Å². The van der Waals surface area contributed by atoms with Crippen molar-refractivity contribution in [2.24, 2.45) is 34.5 Å². The number of hydrogen-bond acceptors (Lipinski definition) is 4. The smallest absolute Gasteiger partial charge is 0.200 e. The third-order valence-electron chi connectivity index (χ3n) is 8.03. The van der Waals surface area contributed by atoms with E-state index in [4.69, 9.17) is 0 Å². The number of rotatable bonds is 0. The molecule has 3 fully saturated rings.